The summed E-state index contributed by atoms with van der Waals surface area (Å²) in [7, 11) is 1.39. The topological polar surface area (TPSA) is 63.6 Å². The van der Waals surface area contributed by atoms with Crippen molar-refractivity contribution in [1.29, 1.82) is 0 Å². The normalized spacial score (nSPS) is 53.4. The number of fused-ring (bicyclic) bond motifs is 5. The van der Waals surface area contributed by atoms with Crippen LogP contribution in [0.4, 0.5) is 0 Å². The molecule has 0 heterocycles. The number of hydrogen-bond donors (Lipinski definition) is 1. The average molecular weight is 363 g/mol. The first-order valence-electron chi connectivity index (χ1n) is 10.5. The van der Waals surface area contributed by atoms with Crippen LogP contribution in [0.15, 0.2) is 0 Å². The van der Waals surface area contributed by atoms with Crippen LogP contribution in [-0.2, 0) is 14.3 Å². The van der Waals surface area contributed by atoms with E-state index in [0.717, 1.165) is 32.1 Å². The zero-order valence-corrected chi connectivity index (χ0v) is 16.7. The van der Waals surface area contributed by atoms with Gasteiger partial charge in [0.15, 0.2) is 0 Å². The summed E-state index contributed by atoms with van der Waals surface area (Å²) in [5.41, 5.74) is -0.494. The molecule has 0 bridgehead atoms. The van der Waals surface area contributed by atoms with E-state index in [1.165, 1.54) is 13.5 Å². The number of ether oxygens (including phenoxy) is 1. The molecule has 4 fully saturated rings. The van der Waals surface area contributed by atoms with Crippen molar-refractivity contribution in [1.82, 2.24) is 0 Å². The van der Waals surface area contributed by atoms with Crippen LogP contribution in [0.3, 0.4) is 0 Å². The van der Waals surface area contributed by atoms with Gasteiger partial charge in [0.2, 0.25) is 0 Å². The van der Waals surface area contributed by atoms with E-state index in [0.29, 0.717) is 36.5 Å². The van der Waals surface area contributed by atoms with Gasteiger partial charge >= 0.3 is 5.97 Å². The van der Waals surface area contributed by atoms with Gasteiger partial charge in [-0.05, 0) is 86.4 Å². The van der Waals surface area contributed by atoms with Gasteiger partial charge in [-0.3, -0.25) is 9.59 Å². The molecule has 0 aromatic carbocycles. The monoisotopic (exact) mass is 362 g/mol. The van der Waals surface area contributed by atoms with Crippen molar-refractivity contribution in [2.75, 3.05) is 7.11 Å². The Kier molecular flexibility index (Phi) is 4.12. The summed E-state index contributed by atoms with van der Waals surface area (Å²) in [6.07, 6.45) is 7.66. The summed E-state index contributed by atoms with van der Waals surface area (Å²) in [4.78, 5) is 24.7. The number of Topliss-reactive ketones (excluding diaryl/α,β-unsaturated/α-hetero) is 1. The van der Waals surface area contributed by atoms with Gasteiger partial charge < -0.3 is 9.84 Å². The fourth-order valence-corrected chi connectivity index (χ4v) is 7.73. The molecule has 8 atom stereocenters. The summed E-state index contributed by atoms with van der Waals surface area (Å²) >= 11 is 0. The van der Waals surface area contributed by atoms with Crippen LogP contribution in [-0.4, -0.2) is 29.6 Å². The molecule has 0 amide bonds. The molecule has 4 saturated carbocycles. The Labute approximate surface area is 157 Å². The average Bonchev–Trinajstić information content (AvgIpc) is 2.84. The van der Waals surface area contributed by atoms with Crippen molar-refractivity contribution in [2.24, 2.45) is 40.4 Å². The molecule has 4 heteroatoms. The molecule has 4 aliphatic carbocycles. The molecule has 146 valence electrons. The van der Waals surface area contributed by atoms with Crippen molar-refractivity contribution < 1.29 is 19.4 Å². The number of hydrogen-bond acceptors (Lipinski definition) is 4. The summed E-state index contributed by atoms with van der Waals surface area (Å²) in [6, 6.07) is 0. The van der Waals surface area contributed by atoms with E-state index >= 15 is 0 Å². The number of carbonyl (C=O) groups excluding carboxylic acids is 2. The second-order valence-corrected chi connectivity index (χ2v) is 10.4. The van der Waals surface area contributed by atoms with Crippen LogP contribution in [0.2, 0.25) is 0 Å². The third-order valence-electron chi connectivity index (χ3n) is 9.59. The molecular formula is C22H34O4. The summed E-state index contributed by atoms with van der Waals surface area (Å²) in [5, 5.41) is 11.0. The van der Waals surface area contributed by atoms with E-state index in [2.05, 4.69) is 13.8 Å². The van der Waals surface area contributed by atoms with Crippen LogP contribution < -0.4 is 0 Å². The number of rotatable bonds is 1. The molecule has 1 N–H and O–H groups in total. The first kappa shape index (κ1) is 18.5. The molecular weight excluding hydrogens is 328 g/mol. The molecule has 4 nitrogen and oxygen atoms in total. The third-order valence-corrected chi connectivity index (χ3v) is 9.59. The second-order valence-electron chi connectivity index (χ2n) is 10.4. The molecule has 4 aliphatic rings. The maximum absolute atomic E-state index is 12.5. The van der Waals surface area contributed by atoms with E-state index in [4.69, 9.17) is 4.74 Å². The Hall–Kier alpha value is -0.900. The first-order valence-corrected chi connectivity index (χ1v) is 10.5. The number of aliphatic hydroxyl groups is 1. The number of methoxy groups -OCH3 is 1. The molecule has 0 aliphatic heterocycles. The van der Waals surface area contributed by atoms with Crippen molar-refractivity contribution in [3.05, 3.63) is 0 Å². The van der Waals surface area contributed by atoms with Crippen molar-refractivity contribution in [3.63, 3.8) is 0 Å². The number of carbonyl (C=O) groups is 2. The van der Waals surface area contributed by atoms with Gasteiger partial charge in [-0.25, -0.2) is 0 Å². The maximum atomic E-state index is 12.5. The van der Waals surface area contributed by atoms with E-state index in [-0.39, 0.29) is 22.6 Å². The Morgan fingerprint density at radius 2 is 1.77 bits per heavy atom. The van der Waals surface area contributed by atoms with Crippen LogP contribution in [0.1, 0.15) is 72.1 Å². The lowest BCUT2D eigenvalue weighted by Gasteiger charge is -2.61. The lowest BCUT2D eigenvalue weighted by atomic mass is 9.43. The van der Waals surface area contributed by atoms with Gasteiger partial charge in [-0.1, -0.05) is 13.8 Å². The molecule has 26 heavy (non-hydrogen) atoms. The summed E-state index contributed by atoms with van der Waals surface area (Å²) < 4.78 is 4.94. The van der Waals surface area contributed by atoms with Crippen molar-refractivity contribution >= 4 is 11.8 Å². The fraction of sp³-hybridized carbons (Fsp3) is 0.909. The predicted octanol–water partition coefficient (Wildman–Crippen LogP) is 3.75. The number of esters is 1. The summed E-state index contributed by atoms with van der Waals surface area (Å²) in [6.45, 7) is 6.68. The molecule has 0 aromatic rings. The highest BCUT2D eigenvalue weighted by atomic mass is 16.5. The van der Waals surface area contributed by atoms with E-state index in [9.17, 15) is 14.7 Å². The Morgan fingerprint density at radius 1 is 1.08 bits per heavy atom. The van der Waals surface area contributed by atoms with E-state index in [1.54, 1.807) is 0 Å². The molecule has 0 saturated heterocycles. The zero-order chi connectivity index (χ0) is 18.9. The zero-order valence-electron chi connectivity index (χ0n) is 16.7. The predicted molar refractivity (Wildman–Crippen MR) is 98.2 cm³/mol. The number of ketones is 1. The van der Waals surface area contributed by atoms with E-state index in [1.807, 2.05) is 6.92 Å². The van der Waals surface area contributed by atoms with Gasteiger partial charge in [0.25, 0.3) is 0 Å². The Morgan fingerprint density at radius 3 is 2.46 bits per heavy atom. The third kappa shape index (κ3) is 2.30. The highest BCUT2D eigenvalue weighted by Crippen LogP contribution is 2.68. The Bertz CT molecular complexity index is 626. The van der Waals surface area contributed by atoms with Crippen LogP contribution in [0.5, 0.6) is 0 Å². The molecule has 0 spiro atoms. The van der Waals surface area contributed by atoms with Crippen LogP contribution >= 0.6 is 0 Å². The molecule has 0 aromatic heterocycles. The Balaban J connectivity index is 1.64. The molecule has 0 radical (unpaired) electrons. The first-order chi connectivity index (χ1) is 12.1. The largest absolute Gasteiger partial charge is 0.468 e. The maximum Gasteiger partial charge on any atom is 0.316 e. The van der Waals surface area contributed by atoms with Crippen LogP contribution in [0, 0.1) is 40.4 Å². The van der Waals surface area contributed by atoms with Gasteiger partial charge in [-0.15, -0.1) is 0 Å². The standard InChI is InChI=1S/C22H34O4/c1-20-12-15(19(24)26-4)18(23)11-13(20)5-6-14-16(20)7-9-21(2)17(14)8-10-22(21,3)25/h13-17,25H,5-12H2,1-4H3/t13-,14+,15+,16-,17-,20-,21-,22-/m0/s1. The van der Waals surface area contributed by atoms with Gasteiger partial charge in [-0.2, -0.15) is 0 Å². The quantitative estimate of drug-likeness (QED) is 0.570. The lowest BCUT2D eigenvalue weighted by Crippen LogP contribution is -2.57. The highest BCUT2D eigenvalue weighted by molar-refractivity contribution is 5.99. The fourth-order valence-electron chi connectivity index (χ4n) is 7.73. The smallest absolute Gasteiger partial charge is 0.316 e. The minimum Gasteiger partial charge on any atom is -0.468 e. The highest BCUT2D eigenvalue weighted by Gasteiger charge is 2.64. The molecule has 0 unspecified atom stereocenters. The summed E-state index contributed by atoms with van der Waals surface area (Å²) in [5.74, 6) is 1.33. The minimum atomic E-state index is -0.569. The minimum absolute atomic E-state index is 0.0175. The van der Waals surface area contributed by atoms with Gasteiger partial charge in [0.05, 0.1) is 12.7 Å². The van der Waals surface area contributed by atoms with Crippen LogP contribution in [0.25, 0.3) is 0 Å². The SMILES string of the molecule is COC(=O)[C@@H]1C[C@@]2(C)[C@@H](CC[C@@H]3[C@@H]2CC[C@@]2(C)[C@H]3CC[C@]2(C)O)CC1=O. The second kappa shape index (κ2) is 5.80. The lowest BCUT2D eigenvalue weighted by molar-refractivity contribution is -0.169. The molecule has 4 rings (SSSR count). The van der Waals surface area contributed by atoms with Crippen molar-refractivity contribution in [2.45, 2.75) is 77.7 Å². The van der Waals surface area contributed by atoms with Gasteiger partial charge in [0, 0.05) is 6.42 Å². The van der Waals surface area contributed by atoms with Crippen molar-refractivity contribution in [3.8, 4) is 0 Å². The van der Waals surface area contributed by atoms with Gasteiger partial charge in [0.1, 0.15) is 11.7 Å². The van der Waals surface area contributed by atoms with E-state index < -0.39 is 11.5 Å².